The van der Waals surface area contributed by atoms with Crippen LogP contribution in [0.3, 0.4) is 0 Å². The first-order chi connectivity index (χ1) is 8.72. The predicted molar refractivity (Wildman–Crippen MR) is 71.6 cm³/mol. The molecule has 0 spiro atoms. The topological polar surface area (TPSA) is 60.8 Å². The minimum Gasteiger partial charge on any atom is -0.367 e. The Morgan fingerprint density at radius 2 is 1.50 bits per heavy atom. The van der Waals surface area contributed by atoms with Crippen LogP contribution in [0.2, 0.25) is 0 Å². The summed E-state index contributed by atoms with van der Waals surface area (Å²) in [5.74, 6) is 3.64. The summed E-state index contributed by atoms with van der Waals surface area (Å²) in [6.07, 6.45) is 4.57. The molecule has 3 heterocycles. The summed E-state index contributed by atoms with van der Waals surface area (Å²) in [6, 6.07) is 0.898. The molecule has 3 N–H and O–H groups in total. The van der Waals surface area contributed by atoms with E-state index < -0.39 is 0 Å². The van der Waals surface area contributed by atoms with Crippen LogP contribution >= 0.6 is 0 Å². The zero-order valence-electron chi connectivity index (χ0n) is 11.0. The van der Waals surface area contributed by atoms with Crippen molar-refractivity contribution >= 4 is 11.7 Å². The van der Waals surface area contributed by atoms with Crippen molar-refractivity contribution in [1.29, 1.82) is 0 Å². The number of aliphatic imine (C=N–C) groups is 2. The average molecular weight is 247 g/mol. The van der Waals surface area contributed by atoms with Gasteiger partial charge in [-0.3, -0.25) is 15.3 Å². The molecule has 2 fully saturated rings. The van der Waals surface area contributed by atoms with Gasteiger partial charge in [-0.1, -0.05) is 19.3 Å². The number of hydrogen-bond donors (Lipinski definition) is 3. The van der Waals surface area contributed by atoms with Crippen LogP contribution in [0.25, 0.3) is 0 Å². The van der Waals surface area contributed by atoms with Gasteiger partial charge in [0.15, 0.2) is 0 Å². The zero-order chi connectivity index (χ0) is 12.3. The number of piperidine rings is 1. The summed E-state index contributed by atoms with van der Waals surface area (Å²) >= 11 is 0. The highest BCUT2D eigenvalue weighted by molar-refractivity contribution is 5.83. The minimum atomic E-state index is 0.216. The molecule has 3 aliphatic heterocycles. The van der Waals surface area contributed by atoms with Gasteiger partial charge >= 0.3 is 0 Å². The molecule has 0 aromatic rings. The molecule has 4 rings (SSSR count). The number of amidine groups is 2. The van der Waals surface area contributed by atoms with E-state index in [-0.39, 0.29) is 12.3 Å². The van der Waals surface area contributed by atoms with Gasteiger partial charge in [-0.25, -0.2) is 0 Å². The second-order valence-electron chi connectivity index (χ2n) is 6.09. The first kappa shape index (κ1) is 10.8. The van der Waals surface area contributed by atoms with E-state index in [1.54, 1.807) is 0 Å². The third kappa shape index (κ3) is 1.43. The van der Waals surface area contributed by atoms with Gasteiger partial charge in [-0.05, 0) is 19.8 Å². The van der Waals surface area contributed by atoms with Crippen LogP contribution in [0.5, 0.6) is 0 Å². The molecule has 4 aliphatic rings. The van der Waals surface area contributed by atoms with E-state index in [0.29, 0.717) is 18.0 Å². The predicted octanol–water partition coefficient (Wildman–Crippen LogP) is 0.439. The zero-order valence-corrected chi connectivity index (χ0v) is 11.0. The van der Waals surface area contributed by atoms with E-state index in [1.807, 2.05) is 0 Å². The summed E-state index contributed by atoms with van der Waals surface area (Å²) < 4.78 is 0. The fourth-order valence-corrected chi connectivity index (χ4v) is 4.00. The summed E-state index contributed by atoms with van der Waals surface area (Å²) in [7, 11) is 0. The van der Waals surface area contributed by atoms with Crippen LogP contribution in [0, 0.1) is 11.8 Å². The number of hydrogen-bond acceptors (Lipinski definition) is 5. The van der Waals surface area contributed by atoms with Crippen LogP contribution in [0.15, 0.2) is 9.98 Å². The molecule has 0 aromatic heterocycles. The first-order valence-electron chi connectivity index (χ1n) is 7.10. The van der Waals surface area contributed by atoms with E-state index in [2.05, 4.69) is 39.8 Å². The fourth-order valence-electron chi connectivity index (χ4n) is 4.00. The lowest BCUT2D eigenvalue weighted by molar-refractivity contribution is 0.0785. The lowest BCUT2D eigenvalue weighted by atomic mass is 9.67. The fraction of sp³-hybridized carbons (Fsp3) is 0.846. The number of fused-ring (bicyclic) bond motifs is 2. The molecule has 4 atom stereocenters. The van der Waals surface area contributed by atoms with Crippen LogP contribution in [0.4, 0.5) is 0 Å². The molecular formula is C13H21N5. The number of nitrogens with zero attached hydrogens (tertiary/aromatic N) is 2. The molecule has 4 unspecified atom stereocenters. The van der Waals surface area contributed by atoms with Gasteiger partial charge < -0.3 is 10.6 Å². The highest BCUT2D eigenvalue weighted by Gasteiger charge is 2.52. The lowest BCUT2D eigenvalue weighted by Crippen LogP contribution is -2.66. The Balaban J connectivity index is 1.65. The van der Waals surface area contributed by atoms with Crippen molar-refractivity contribution in [3.8, 4) is 0 Å². The van der Waals surface area contributed by atoms with Crippen molar-refractivity contribution in [3.05, 3.63) is 0 Å². The molecule has 0 radical (unpaired) electrons. The van der Waals surface area contributed by atoms with Gasteiger partial charge in [-0.2, -0.15) is 0 Å². The third-order valence-corrected chi connectivity index (χ3v) is 4.96. The van der Waals surface area contributed by atoms with E-state index >= 15 is 0 Å². The molecular weight excluding hydrogens is 226 g/mol. The monoisotopic (exact) mass is 247 g/mol. The van der Waals surface area contributed by atoms with Gasteiger partial charge in [0.2, 0.25) is 0 Å². The summed E-state index contributed by atoms with van der Waals surface area (Å²) in [6.45, 7) is 4.13. The Labute approximate surface area is 108 Å². The Morgan fingerprint density at radius 3 is 1.94 bits per heavy atom. The van der Waals surface area contributed by atoms with Crippen LogP contribution in [-0.4, -0.2) is 36.1 Å². The average Bonchev–Trinajstić information content (AvgIpc) is 2.76. The highest BCUT2D eigenvalue weighted by atomic mass is 15.3. The Hall–Kier alpha value is -1.10. The van der Waals surface area contributed by atoms with Crippen molar-refractivity contribution in [2.75, 3.05) is 0 Å². The van der Waals surface area contributed by atoms with Gasteiger partial charge in [0.1, 0.15) is 12.3 Å². The number of nitrogens with one attached hydrogen (secondary N) is 3. The molecule has 1 saturated carbocycles. The maximum absolute atomic E-state index is 4.68. The van der Waals surface area contributed by atoms with Gasteiger partial charge in [0.25, 0.3) is 0 Å². The normalized spacial score (nSPS) is 46.2. The molecule has 0 aromatic carbocycles. The quantitative estimate of drug-likeness (QED) is 0.630. The molecule has 0 bridgehead atoms. The summed E-state index contributed by atoms with van der Waals surface area (Å²) in [5.41, 5.74) is 0. The first-order valence-corrected chi connectivity index (χ1v) is 7.10. The Morgan fingerprint density at radius 1 is 0.944 bits per heavy atom. The van der Waals surface area contributed by atoms with Crippen LogP contribution < -0.4 is 16.0 Å². The van der Waals surface area contributed by atoms with E-state index in [9.17, 15) is 0 Å². The maximum atomic E-state index is 4.68. The molecule has 1 saturated heterocycles. The SMILES string of the molecule is CC1=NC2NC3N=C(C)NC3C(C3CCC3)C2N1. The molecule has 5 heteroatoms. The van der Waals surface area contributed by atoms with Crippen molar-refractivity contribution in [1.82, 2.24) is 16.0 Å². The second kappa shape index (κ2) is 3.70. The van der Waals surface area contributed by atoms with E-state index in [4.69, 9.17) is 0 Å². The Kier molecular flexibility index (Phi) is 2.22. The second-order valence-corrected chi connectivity index (χ2v) is 6.09. The minimum absolute atomic E-state index is 0.216. The van der Waals surface area contributed by atoms with Crippen molar-refractivity contribution < 1.29 is 0 Å². The third-order valence-electron chi connectivity index (χ3n) is 4.96. The molecule has 1 aliphatic carbocycles. The number of rotatable bonds is 1. The molecule has 5 nitrogen and oxygen atoms in total. The molecule has 0 amide bonds. The van der Waals surface area contributed by atoms with Crippen molar-refractivity contribution in [3.63, 3.8) is 0 Å². The van der Waals surface area contributed by atoms with E-state index in [1.165, 1.54) is 19.3 Å². The standard InChI is InChI=1S/C13H21N5/c1-6-14-10-9(8-4-3-5-8)11-13(17-7(2)15-11)18-12(10)16-6/h8-13,18H,3-5H2,1-2H3,(H,14,16)(H,15,17). The molecule has 18 heavy (non-hydrogen) atoms. The van der Waals surface area contributed by atoms with E-state index in [0.717, 1.165) is 17.6 Å². The summed E-state index contributed by atoms with van der Waals surface area (Å²) in [4.78, 5) is 9.37. The van der Waals surface area contributed by atoms with Gasteiger partial charge in [0.05, 0.1) is 23.8 Å². The van der Waals surface area contributed by atoms with Gasteiger partial charge in [0, 0.05) is 5.92 Å². The van der Waals surface area contributed by atoms with Crippen LogP contribution in [-0.2, 0) is 0 Å². The summed E-state index contributed by atoms with van der Waals surface area (Å²) in [5, 5.41) is 10.7. The van der Waals surface area contributed by atoms with Crippen molar-refractivity contribution in [2.24, 2.45) is 21.8 Å². The maximum Gasteiger partial charge on any atom is 0.124 e. The lowest BCUT2D eigenvalue weighted by Gasteiger charge is -2.47. The van der Waals surface area contributed by atoms with Crippen molar-refractivity contribution in [2.45, 2.75) is 57.5 Å². The molecule has 98 valence electrons. The smallest absolute Gasteiger partial charge is 0.124 e. The highest BCUT2D eigenvalue weighted by Crippen LogP contribution is 2.42. The van der Waals surface area contributed by atoms with Crippen LogP contribution in [0.1, 0.15) is 33.1 Å². The Bertz CT molecular complexity index is 393. The van der Waals surface area contributed by atoms with Gasteiger partial charge in [-0.15, -0.1) is 0 Å². The largest absolute Gasteiger partial charge is 0.367 e.